The molecule has 0 bridgehead atoms. The van der Waals surface area contributed by atoms with Crippen molar-refractivity contribution in [3.63, 3.8) is 0 Å². The number of methoxy groups -OCH3 is 1. The van der Waals surface area contributed by atoms with Crippen LogP contribution >= 0.6 is 0 Å². The van der Waals surface area contributed by atoms with E-state index in [1.807, 2.05) is 31.2 Å². The van der Waals surface area contributed by atoms with Gasteiger partial charge in [-0.3, -0.25) is 9.59 Å². The summed E-state index contributed by atoms with van der Waals surface area (Å²) < 4.78 is 10.2. The van der Waals surface area contributed by atoms with E-state index in [0.717, 1.165) is 35.8 Å². The second-order valence-electron chi connectivity index (χ2n) is 5.20. The maximum absolute atomic E-state index is 12.1. The van der Waals surface area contributed by atoms with Gasteiger partial charge in [0.15, 0.2) is 5.76 Å². The van der Waals surface area contributed by atoms with E-state index >= 15 is 0 Å². The van der Waals surface area contributed by atoms with Crippen molar-refractivity contribution in [2.45, 2.75) is 32.6 Å². The van der Waals surface area contributed by atoms with E-state index in [0.29, 0.717) is 18.7 Å². The number of carbonyl (C=O) groups excluding carboxylic acids is 2. The fourth-order valence-corrected chi connectivity index (χ4v) is 2.35. The van der Waals surface area contributed by atoms with Crippen LogP contribution in [0.4, 0.5) is 0 Å². The predicted octanol–water partition coefficient (Wildman–Crippen LogP) is 3.20. The van der Waals surface area contributed by atoms with Gasteiger partial charge in [-0.15, -0.1) is 0 Å². The molecule has 118 valence electrons. The number of carbonyl (C=O) groups is 2. The maximum atomic E-state index is 12.1. The molecule has 1 aromatic carbocycles. The SMILES string of the molecule is COC(=O)CCCCCNC(=O)c1oc2ccccc2c1C. The van der Waals surface area contributed by atoms with E-state index in [1.54, 1.807) is 0 Å². The van der Waals surface area contributed by atoms with Crippen LogP contribution in [0.15, 0.2) is 28.7 Å². The van der Waals surface area contributed by atoms with Gasteiger partial charge in [-0.25, -0.2) is 0 Å². The van der Waals surface area contributed by atoms with Gasteiger partial charge >= 0.3 is 5.97 Å². The summed E-state index contributed by atoms with van der Waals surface area (Å²) in [5.41, 5.74) is 1.59. The second-order valence-corrected chi connectivity index (χ2v) is 5.20. The van der Waals surface area contributed by atoms with E-state index in [9.17, 15) is 9.59 Å². The molecule has 1 amide bonds. The molecule has 0 radical (unpaired) electrons. The number of nitrogens with one attached hydrogen (secondary N) is 1. The molecule has 0 aliphatic carbocycles. The van der Waals surface area contributed by atoms with Gasteiger partial charge in [-0.05, 0) is 25.8 Å². The van der Waals surface area contributed by atoms with Crippen LogP contribution in [0.25, 0.3) is 11.0 Å². The van der Waals surface area contributed by atoms with E-state index in [4.69, 9.17) is 4.42 Å². The third kappa shape index (κ3) is 3.87. The molecular weight excluding hydrogens is 282 g/mol. The Morgan fingerprint density at radius 1 is 1.18 bits per heavy atom. The molecule has 1 aromatic heterocycles. The minimum Gasteiger partial charge on any atom is -0.469 e. The zero-order chi connectivity index (χ0) is 15.9. The third-order valence-electron chi connectivity index (χ3n) is 3.62. The van der Waals surface area contributed by atoms with E-state index in [1.165, 1.54) is 7.11 Å². The van der Waals surface area contributed by atoms with Crippen molar-refractivity contribution in [1.82, 2.24) is 5.32 Å². The van der Waals surface area contributed by atoms with Crippen molar-refractivity contribution in [1.29, 1.82) is 0 Å². The Morgan fingerprint density at radius 3 is 2.68 bits per heavy atom. The van der Waals surface area contributed by atoms with Gasteiger partial charge in [0.2, 0.25) is 0 Å². The van der Waals surface area contributed by atoms with Gasteiger partial charge in [0.1, 0.15) is 5.58 Å². The van der Waals surface area contributed by atoms with Crippen molar-refractivity contribution < 1.29 is 18.7 Å². The van der Waals surface area contributed by atoms with Crippen molar-refractivity contribution >= 4 is 22.8 Å². The van der Waals surface area contributed by atoms with E-state index < -0.39 is 0 Å². The van der Waals surface area contributed by atoms with Gasteiger partial charge < -0.3 is 14.5 Å². The highest BCUT2D eigenvalue weighted by Crippen LogP contribution is 2.24. The molecule has 2 rings (SSSR count). The molecule has 22 heavy (non-hydrogen) atoms. The normalized spacial score (nSPS) is 10.6. The smallest absolute Gasteiger partial charge is 0.305 e. The first-order chi connectivity index (χ1) is 10.6. The molecule has 1 N–H and O–H groups in total. The summed E-state index contributed by atoms with van der Waals surface area (Å²) in [5, 5.41) is 3.82. The molecule has 0 saturated heterocycles. The second kappa shape index (κ2) is 7.64. The maximum Gasteiger partial charge on any atom is 0.305 e. The number of amides is 1. The highest BCUT2D eigenvalue weighted by atomic mass is 16.5. The summed E-state index contributed by atoms with van der Waals surface area (Å²) >= 11 is 0. The summed E-state index contributed by atoms with van der Waals surface area (Å²) in [4.78, 5) is 23.1. The summed E-state index contributed by atoms with van der Waals surface area (Å²) in [7, 11) is 1.39. The number of aryl methyl sites for hydroxylation is 1. The van der Waals surface area contributed by atoms with Crippen LogP contribution in [0.5, 0.6) is 0 Å². The zero-order valence-corrected chi connectivity index (χ0v) is 13.0. The molecule has 0 saturated carbocycles. The molecule has 0 fully saturated rings. The lowest BCUT2D eigenvalue weighted by atomic mass is 10.1. The number of benzene rings is 1. The molecular formula is C17H21NO4. The Labute approximate surface area is 129 Å². The van der Waals surface area contributed by atoms with E-state index in [2.05, 4.69) is 10.1 Å². The molecule has 2 aromatic rings. The fourth-order valence-electron chi connectivity index (χ4n) is 2.35. The number of furan rings is 1. The number of esters is 1. The number of ether oxygens (including phenoxy) is 1. The predicted molar refractivity (Wildman–Crippen MR) is 83.8 cm³/mol. The third-order valence-corrected chi connectivity index (χ3v) is 3.62. The Kier molecular flexibility index (Phi) is 5.58. The number of unbranched alkanes of at least 4 members (excludes halogenated alkanes) is 2. The van der Waals surface area contributed by atoms with Crippen molar-refractivity contribution in [2.24, 2.45) is 0 Å². The lowest BCUT2D eigenvalue weighted by Crippen LogP contribution is -2.24. The highest BCUT2D eigenvalue weighted by Gasteiger charge is 2.16. The molecule has 5 heteroatoms. The largest absolute Gasteiger partial charge is 0.469 e. The molecule has 0 spiro atoms. The fraction of sp³-hybridized carbons (Fsp3) is 0.412. The number of para-hydroxylation sites is 1. The molecule has 1 heterocycles. The molecule has 0 aliphatic heterocycles. The molecule has 0 aliphatic rings. The van der Waals surface area contributed by atoms with Crippen LogP contribution in [0.1, 0.15) is 41.8 Å². The first-order valence-corrected chi connectivity index (χ1v) is 7.46. The van der Waals surface area contributed by atoms with Gasteiger partial charge in [0, 0.05) is 23.9 Å². The minimum atomic E-state index is -0.193. The monoisotopic (exact) mass is 303 g/mol. The Morgan fingerprint density at radius 2 is 1.95 bits per heavy atom. The lowest BCUT2D eigenvalue weighted by molar-refractivity contribution is -0.140. The first-order valence-electron chi connectivity index (χ1n) is 7.46. The van der Waals surface area contributed by atoms with Crippen LogP contribution < -0.4 is 5.32 Å². The summed E-state index contributed by atoms with van der Waals surface area (Å²) in [6.07, 6.45) is 2.88. The van der Waals surface area contributed by atoms with Crippen LogP contribution in [-0.2, 0) is 9.53 Å². The van der Waals surface area contributed by atoms with Gasteiger partial charge in [-0.2, -0.15) is 0 Å². The Bertz CT molecular complexity index is 660. The van der Waals surface area contributed by atoms with Crippen molar-refractivity contribution in [3.8, 4) is 0 Å². The lowest BCUT2D eigenvalue weighted by Gasteiger charge is -2.04. The average Bonchev–Trinajstić information content (AvgIpc) is 2.87. The number of fused-ring (bicyclic) bond motifs is 1. The van der Waals surface area contributed by atoms with Gasteiger partial charge in [0.25, 0.3) is 5.91 Å². The summed E-state index contributed by atoms with van der Waals surface area (Å²) in [6, 6.07) is 7.60. The van der Waals surface area contributed by atoms with Crippen LogP contribution in [0.2, 0.25) is 0 Å². The van der Waals surface area contributed by atoms with Gasteiger partial charge in [0.05, 0.1) is 7.11 Å². The summed E-state index contributed by atoms with van der Waals surface area (Å²) in [6.45, 7) is 2.45. The first kappa shape index (κ1) is 16.1. The Hall–Kier alpha value is -2.30. The highest BCUT2D eigenvalue weighted by molar-refractivity contribution is 5.98. The zero-order valence-electron chi connectivity index (χ0n) is 13.0. The average molecular weight is 303 g/mol. The molecule has 5 nitrogen and oxygen atoms in total. The van der Waals surface area contributed by atoms with Crippen molar-refractivity contribution in [2.75, 3.05) is 13.7 Å². The standard InChI is InChI=1S/C17H21NO4/c1-12-13-8-5-6-9-14(13)22-16(12)17(20)18-11-7-3-4-10-15(19)21-2/h5-6,8-9H,3-4,7,10-11H2,1-2H3,(H,18,20). The van der Waals surface area contributed by atoms with E-state index in [-0.39, 0.29) is 11.9 Å². The topological polar surface area (TPSA) is 68.5 Å². The van der Waals surface area contributed by atoms with Gasteiger partial charge in [-0.1, -0.05) is 24.6 Å². The molecule has 0 unspecified atom stereocenters. The molecule has 0 atom stereocenters. The minimum absolute atomic E-state index is 0.193. The summed E-state index contributed by atoms with van der Waals surface area (Å²) in [5.74, 6) is -0.0145. The number of hydrogen-bond donors (Lipinski definition) is 1. The Balaban J connectivity index is 1.79. The van der Waals surface area contributed by atoms with Crippen LogP contribution in [0.3, 0.4) is 0 Å². The van der Waals surface area contributed by atoms with Crippen LogP contribution in [-0.4, -0.2) is 25.5 Å². The number of rotatable bonds is 7. The van der Waals surface area contributed by atoms with Crippen molar-refractivity contribution in [3.05, 3.63) is 35.6 Å². The quantitative estimate of drug-likeness (QED) is 0.630. The van der Waals surface area contributed by atoms with Crippen LogP contribution in [0, 0.1) is 6.92 Å². The number of hydrogen-bond acceptors (Lipinski definition) is 4.